The van der Waals surface area contributed by atoms with Crippen molar-refractivity contribution in [2.24, 2.45) is 0 Å². The molecule has 0 aliphatic heterocycles. The van der Waals surface area contributed by atoms with Gasteiger partial charge in [0.05, 0.1) is 17.2 Å². The van der Waals surface area contributed by atoms with Crippen molar-refractivity contribution in [2.45, 2.75) is 0 Å². The first kappa shape index (κ1) is 19.8. The Bertz CT molecular complexity index is 881. The van der Waals surface area contributed by atoms with Crippen molar-refractivity contribution in [3.8, 4) is 11.5 Å². The van der Waals surface area contributed by atoms with Crippen LogP contribution in [0.4, 0.5) is 5.69 Å². The average Bonchev–Trinajstić information content (AvgIpc) is 2.54. The number of halogens is 2. The summed E-state index contributed by atoms with van der Waals surface area (Å²) in [5.41, 5.74) is 0.200. The zero-order chi connectivity index (χ0) is 19.4. The number of carboxylic acids is 1. The number of benzene rings is 2. The van der Waals surface area contributed by atoms with E-state index in [0.717, 1.165) is 0 Å². The molecule has 2 aromatic rings. The summed E-state index contributed by atoms with van der Waals surface area (Å²) in [5.74, 6) is -2.02. The molecule has 0 aliphatic carbocycles. The Morgan fingerprint density at radius 2 is 1.77 bits per heavy atom. The van der Waals surface area contributed by atoms with E-state index >= 15 is 0 Å². The minimum Gasteiger partial charge on any atom is -0.507 e. The standard InChI is InChI=1S/C16H12Cl2N2O5S/c1-25-13-10(17)4-7(5-11(13)18)14(22)20-16(26)19-8-2-3-9(15(23)24)12(21)6-8/h2-6,21H,1H3,(H,23,24)(H2,19,20,22,26). The zero-order valence-electron chi connectivity index (χ0n) is 13.2. The van der Waals surface area contributed by atoms with Crippen LogP contribution in [0, 0.1) is 0 Å². The quantitative estimate of drug-likeness (QED) is 0.566. The molecule has 0 saturated carbocycles. The first-order valence-electron chi connectivity index (χ1n) is 6.94. The number of anilines is 1. The molecule has 1 amide bonds. The number of aromatic carboxylic acids is 1. The van der Waals surface area contributed by atoms with Crippen LogP contribution in [0.15, 0.2) is 30.3 Å². The number of carbonyl (C=O) groups excluding carboxylic acids is 1. The predicted octanol–water partition coefficient (Wildman–Crippen LogP) is 3.53. The number of amides is 1. The van der Waals surface area contributed by atoms with E-state index in [4.69, 9.17) is 45.3 Å². The molecule has 2 rings (SSSR count). The summed E-state index contributed by atoms with van der Waals surface area (Å²) in [7, 11) is 1.40. The molecule has 7 nitrogen and oxygen atoms in total. The number of ether oxygens (including phenoxy) is 1. The number of hydrogen-bond acceptors (Lipinski definition) is 5. The van der Waals surface area contributed by atoms with E-state index in [1.54, 1.807) is 0 Å². The molecular formula is C16H12Cl2N2O5S. The van der Waals surface area contributed by atoms with Crippen LogP contribution in [0.1, 0.15) is 20.7 Å². The number of phenols is 1. The van der Waals surface area contributed by atoms with E-state index in [1.807, 2.05) is 0 Å². The molecule has 2 aromatic carbocycles. The summed E-state index contributed by atoms with van der Waals surface area (Å²) in [6.07, 6.45) is 0. The maximum Gasteiger partial charge on any atom is 0.339 e. The molecule has 4 N–H and O–H groups in total. The van der Waals surface area contributed by atoms with Gasteiger partial charge < -0.3 is 20.3 Å². The largest absolute Gasteiger partial charge is 0.507 e. The molecular weight excluding hydrogens is 403 g/mol. The van der Waals surface area contributed by atoms with Gasteiger partial charge >= 0.3 is 5.97 Å². The van der Waals surface area contributed by atoms with Crippen molar-refractivity contribution in [3.05, 3.63) is 51.5 Å². The number of methoxy groups -OCH3 is 1. The topological polar surface area (TPSA) is 108 Å². The number of hydrogen-bond donors (Lipinski definition) is 4. The van der Waals surface area contributed by atoms with Gasteiger partial charge in [0.15, 0.2) is 10.9 Å². The van der Waals surface area contributed by atoms with Crippen molar-refractivity contribution < 1.29 is 24.5 Å². The second-order valence-electron chi connectivity index (χ2n) is 4.92. The molecule has 0 aromatic heterocycles. The van der Waals surface area contributed by atoms with E-state index in [2.05, 4.69) is 10.6 Å². The Balaban J connectivity index is 2.09. The fraction of sp³-hybridized carbons (Fsp3) is 0.0625. The summed E-state index contributed by atoms with van der Waals surface area (Å²) in [6.45, 7) is 0. The van der Waals surface area contributed by atoms with Gasteiger partial charge in [0.1, 0.15) is 11.3 Å². The number of carbonyl (C=O) groups is 2. The van der Waals surface area contributed by atoms with Crippen molar-refractivity contribution in [1.29, 1.82) is 0 Å². The highest BCUT2D eigenvalue weighted by atomic mass is 35.5. The zero-order valence-corrected chi connectivity index (χ0v) is 15.5. The fourth-order valence-electron chi connectivity index (χ4n) is 2.01. The van der Waals surface area contributed by atoms with Gasteiger partial charge in [-0.3, -0.25) is 10.1 Å². The summed E-state index contributed by atoms with van der Waals surface area (Å²) in [5, 5.41) is 23.9. The molecule has 0 bridgehead atoms. The third kappa shape index (κ3) is 4.54. The highest BCUT2D eigenvalue weighted by Crippen LogP contribution is 2.33. The van der Waals surface area contributed by atoms with E-state index in [9.17, 15) is 14.7 Å². The van der Waals surface area contributed by atoms with E-state index in [1.165, 1.54) is 37.4 Å². The molecule has 0 saturated heterocycles. The van der Waals surface area contributed by atoms with Gasteiger partial charge in [0.2, 0.25) is 0 Å². The fourth-order valence-corrected chi connectivity index (χ4v) is 2.87. The van der Waals surface area contributed by atoms with Crippen molar-refractivity contribution >= 4 is 58.1 Å². The Morgan fingerprint density at radius 1 is 1.15 bits per heavy atom. The first-order chi connectivity index (χ1) is 12.2. The Hall–Kier alpha value is -2.55. The van der Waals surface area contributed by atoms with Crippen molar-refractivity contribution in [2.75, 3.05) is 12.4 Å². The van der Waals surface area contributed by atoms with Gasteiger partial charge in [-0.05, 0) is 36.5 Å². The summed E-state index contributed by atoms with van der Waals surface area (Å²) < 4.78 is 5.01. The molecule has 0 heterocycles. The van der Waals surface area contributed by atoms with Crippen LogP contribution >= 0.6 is 35.4 Å². The minimum absolute atomic E-state index is 0.0689. The molecule has 0 radical (unpaired) electrons. The average molecular weight is 415 g/mol. The van der Waals surface area contributed by atoms with Gasteiger partial charge in [-0.25, -0.2) is 4.79 Å². The van der Waals surface area contributed by atoms with Crippen LogP contribution in [0.3, 0.4) is 0 Å². The van der Waals surface area contributed by atoms with Crippen LogP contribution < -0.4 is 15.4 Å². The summed E-state index contributed by atoms with van der Waals surface area (Å²) in [6, 6.07) is 6.51. The van der Waals surface area contributed by atoms with Crippen LogP contribution in [0.25, 0.3) is 0 Å². The predicted molar refractivity (Wildman–Crippen MR) is 102 cm³/mol. The van der Waals surface area contributed by atoms with Gasteiger partial charge in [0.25, 0.3) is 5.91 Å². The highest BCUT2D eigenvalue weighted by Gasteiger charge is 2.15. The van der Waals surface area contributed by atoms with E-state index < -0.39 is 17.6 Å². The highest BCUT2D eigenvalue weighted by molar-refractivity contribution is 7.80. The van der Waals surface area contributed by atoms with Gasteiger partial charge in [-0.2, -0.15) is 0 Å². The van der Waals surface area contributed by atoms with E-state index in [0.29, 0.717) is 5.69 Å². The van der Waals surface area contributed by atoms with Crippen molar-refractivity contribution in [3.63, 3.8) is 0 Å². The third-order valence-corrected chi connectivity index (χ3v) is 3.94. The number of aromatic hydroxyl groups is 1. The second kappa shape index (κ2) is 8.22. The molecule has 0 spiro atoms. The Labute approximate surface area is 163 Å². The first-order valence-corrected chi connectivity index (χ1v) is 8.11. The number of rotatable bonds is 4. The minimum atomic E-state index is -1.27. The smallest absolute Gasteiger partial charge is 0.339 e. The maximum atomic E-state index is 12.2. The lowest BCUT2D eigenvalue weighted by Crippen LogP contribution is -2.34. The number of nitrogens with one attached hydrogen (secondary N) is 2. The normalized spacial score (nSPS) is 10.1. The van der Waals surface area contributed by atoms with E-state index in [-0.39, 0.29) is 32.0 Å². The van der Waals surface area contributed by atoms with Gasteiger partial charge in [0, 0.05) is 17.3 Å². The lowest BCUT2D eigenvalue weighted by molar-refractivity contribution is 0.0693. The van der Waals surface area contributed by atoms with Gasteiger partial charge in [-0.15, -0.1) is 0 Å². The SMILES string of the molecule is COc1c(Cl)cc(C(=O)NC(=S)Nc2ccc(C(=O)O)c(O)c2)cc1Cl. The third-order valence-electron chi connectivity index (χ3n) is 3.18. The molecule has 136 valence electrons. The monoisotopic (exact) mass is 414 g/mol. The molecule has 0 fully saturated rings. The van der Waals surface area contributed by atoms with Gasteiger partial charge in [-0.1, -0.05) is 23.2 Å². The van der Waals surface area contributed by atoms with Crippen LogP contribution in [-0.2, 0) is 0 Å². The Kier molecular flexibility index (Phi) is 6.25. The number of carboxylic acid groups (broad SMARTS) is 1. The molecule has 0 atom stereocenters. The maximum absolute atomic E-state index is 12.2. The molecule has 10 heteroatoms. The second-order valence-corrected chi connectivity index (χ2v) is 6.14. The summed E-state index contributed by atoms with van der Waals surface area (Å²) >= 11 is 17.0. The van der Waals surface area contributed by atoms with Crippen molar-refractivity contribution in [1.82, 2.24) is 5.32 Å². The Morgan fingerprint density at radius 3 is 2.27 bits per heavy atom. The summed E-state index contributed by atoms with van der Waals surface area (Å²) in [4.78, 5) is 23.1. The molecule has 0 unspecified atom stereocenters. The lowest BCUT2D eigenvalue weighted by atomic mass is 10.2. The van der Waals surface area contributed by atoms with Crippen LogP contribution in [0.5, 0.6) is 11.5 Å². The van der Waals surface area contributed by atoms with Crippen LogP contribution in [-0.4, -0.2) is 34.3 Å². The number of thiocarbonyl (C=S) groups is 1. The van der Waals surface area contributed by atoms with Crippen LogP contribution in [0.2, 0.25) is 10.0 Å². The molecule has 26 heavy (non-hydrogen) atoms. The molecule has 0 aliphatic rings. The lowest BCUT2D eigenvalue weighted by Gasteiger charge is -2.12.